The molecule has 7 nitrogen and oxygen atoms in total. The van der Waals surface area contributed by atoms with Gasteiger partial charge in [0.15, 0.2) is 17.6 Å². The van der Waals surface area contributed by atoms with Gasteiger partial charge in [-0.2, -0.15) is 0 Å². The maximum atomic E-state index is 13.6. The lowest BCUT2D eigenvalue weighted by molar-refractivity contribution is -0.173. The van der Waals surface area contributed by atoms with Gasteiger partial charge in [-0.15, -0.1) is 0 Å². The van der Waals surface area contributed by atoms with Crippen LogP contribution in [0, 0.1) is 29.6 Å². The zero-order valence-electron chi connectivity index (χ0n) is 15.3. The number of aliphatic hydroxyl groups is 2. The molecule has 5 aliphatic rings. The monoisotopic (exact) mass is 375 g/mol. The average Bonchev–Trinajstić information content (AvgIpc) is 3.19. The molecular formula is C20H25NO6. The number of allylic oxidation sites excluding steroid dienone is 2. The molecule has 0 aromatic rings. The van der Waals surface area contributed by atoms with Crippen LogP contribution < -0.4 is 0 Å². The summed E-state index contributed by atoms with van der Waals surface area (Å²) in [5.74, 6) is -3.24. The Morgan fingerprint density at radius 1 is 1.19 bits per heavy atom. The van der Waals surface area contributed by atoms with Gasteiger partial charge in [0.25, 0.3) is 5.91 Å². The Morgan fingerprint density at radius 3 is 2.70 bits per heavy atom. The molecule has 0 aromatic heterocycles. The minimum Gasteiger partial charge on any atom is -0.453 e. The number of Topliss-reactive ketones (excluding diaryl/α,β-unsaturated/α-hetero) is 1. The zero-order chi connectivity index (χ0) is 19.1. The standard InChI is InChI=1S/C20H25NO6/c1-10-6-7-11-4-2-3-5-12(11)14(10)15(22)19(25)17-20(26)13(16(23)27-17)8-9-21(20)18(19)24/h6-7,10-14,17,25-26H,2-5,8-9H2,1H3/t10-,11-,12+,13-,14+,17-,19-,20+/m0/s1. The Kier molecular flexibility index (Phi) is 3.48. The van der Waals surface area contributed by atoms with Crippen molar-refractivity contribution in [3.8, 4) is 0 Å². The molecule has 1 saturated carbocycles. The molecule has 3 aliphatic heterocycles. The summed E-state index contributed by atoms with van der Waals surface area (Å²) < 4.78 is 5.25. The van der Waals surface area contributed by atoms with E-state index in [1.54, 1.807) is 0 Å². The Morgan fingerprint density at radius 2 is 1.93 bits per heavy atom. The van der Waals surface area contributed by atoms with Crippen molar-refractivity contribution < 1.29 is 29.3 Å². The molecule has 0 bridgehead atoms. The summed E-state index contributed by atoms with van der Waals surface area (Å²) in [6.45, 7) is 2.07. The van der Waals surface area contributed by atoms with E-state index in [0.717, 1.165) is 30.6 Å². The van der Waals surface area contributed by atoms with Crippen LogP contribution in [0.3, 0.4) is 0 Å². The quantitative estimate of drug-likeness (QED) is 0.411. The summed E-state index contributed by atoms with van der Waals surface area (Å²) in [4.78, 5) is 40.0. The summed E-state index contributed by atoms with van der Waals surface area (Å²) in [5, 5.41) is 22.4. The van der Waals surface area contributed by atoms with Crippen LogP contribution in [0.2, 0.25) is 0 Å². The van der Waals surface area contributed by atoms with E-state index >= 15 is 0 Å². The number of ether oxygens (including phenoxy) is 1. The van der Waals surface area contributed by atoms with Gasteiger partial charge in [0.2, 0.25) is 5.60 Å². The molecular weight excluding hydrogens is 350 g/mol. The van der Waals surface area contributed by atoms with Gasteiger partial charge in [-0.05, 0) is 37.0 Å². The van der Waals surface area contributed by atoms with Crippen LogP contribution in [0.1, 0.15) is 39.0 Å². The van der Waals surface area contributed by atoms with Gasteiger partial charge in [-0.1, -0.05) is 31.9 Å². The molecule has 27 heavy (non-hydrogen) atoms. The number of hydrogen-bond acceptors (Lipinski definition) is 6. The van der Waals surface area contributed by atoms with Crippen LogP contribution in [0.25, 0.3) is 0 Å². The molecule has 0 unspecified atom stereocenters. The van der Waals surface area contributed by atoms with E-state index in [4.69, 9.17) is 4.74 Å². The van der Waals surface area contributed by atoms with Gasteiger partial charge in [0.05, 0.1) is 0 Å². The third-order valence-corrected chi connectivity index (χ3v) is 7.68. The molecule has 4 fully saturated rings. The molecule has 1 amide bonds. The van der Waals surface area contributed by atoms with E-state index in [0.29, 0.717) is 0 Å². The fraction of sp³-hybridized carbons (Fsp3) is 0.750. The highest BCUT2D eigenvalue weighted by molar-refractivity contribution is 6.14. The first-order valence-electron chi connectivity index (χ1n) is 10.0. The lowest BCUT2D eigenvalue weighted by atomic mass is 9.61. The van der Waals surface area contributed by atoms with Crippen molar-refractivity contribution >= 4 is 17.7 Å². The fourth-order valence-electron chi connectivity index (χ4n) is 6.34. The normalized spacial score (nSPS) is 50.6. The van der Waals surface area contributed by atoms with Crippen molar-refractivity contribution in [1.82, 2.24) is 4.90 Å². The number of nitrogens with zero attached hydrogens (tertiary/aromatic N) is 1. The maximum Gasteiger partial charge on any atom is 0.314 e. The molecule has 0 spiro atoms. The number of rotatable bonds is 2. The second-order valence-electron chi connectivity index (χ2n) is 8.91. The predicted molar refractivity (Wildman–Crippen MR) is 91.8 cm³/mol. The number of carbonyl (C=O) groups is 3. The van der Waals surface area contributed by atoms with Gasteiger partial charge in [-0.3, -0.25) is 14.4 Å². The largest absolute Gasteiger partial charge is 0.453 e. The van der Waals surface area contributed by atoms with E-state index < -0.39 is 46.9 Å². The number of esters is 1. The van der Waals surface area contributed by atoms with Gasteiger partial charge in [-0.25, -0.2) is 0 Å². The number of fused-ring (bicyclic) bond motifs is 1. The van der Waals surface area contributed by atoms with E-state index in [1.165, 1.54) is 0 Å². The number of carbonyl (C=O) groups excluding carboxylic acids is 3. The predicted octanol–water partition coefficient (Wildman–Crippen LogP) is 0.391. The number of amides is 1. The first-order valence-corrected chi connectivity index (χ1v) is 10.0. The van der Waals surface area contributed by atoms with Crippen molar-refractivity contribution in [2.24, 2.45) is 29.6 Å². The average molecular weight is 375 g/mol. The first kappa shape index (κ1) is 17.4. The van der Waals surface area contributed by atoms with Gasteiger partial charge >= 0.3 is 5.97 Å². The molecule has 5 rings (SSSR count). The molecule has 0 radical (unpaired) electrons. The Bertz CT molecular complexity index is 764. The van der Waals surface area contributed by atoms with Crippen LogP contribution in [0.15, 0.2) is 12.2 Å². The van der Waals surface area contributed by atoms with Crippen LogP contribution in [-0.4, -0.2) is 56.7 Å². The van der Waals surface area contributed by atoms with Crippen molar-refractivity contribution in [3.63, 3.8) is 0 Å². The summed E-state index contributed by atoms with van der Waals surface area (Å²) in [5.41, 5.74) is -4.40. The highest BCUT2D eigenvalue weighted by atomic mass is 16.6. The molecule has 8 atom stereocenters. The minimum absolute atomic E-state index is 0.0704. The summed E-state index contributed by atoms with van der Waals surface area (Å²) in [6.07, 6.45) is 6.92. The van der Waals surface area contributed by atoms with Crippen LogP contribution in [0.5, 0.6) is 0 Å². The second kappa shape index (κ2) is 5.41. The fourth-order valence-corrected chi connectivity index (χ4v) is 6.34. The third-order valence-electron chi connectivity index (χ3n) is 7.68. The third kappa shape index (κ3) is 1.92. The Labute approximate surface area is 157 Å². The second-order valence-corrected chi connectivity index (χ2v) is 8.91. The van der Waals surface area contributed by atoms with E-state index in [1.807, 2.05) is 13.0 Å². The lowest BCUT2D eigenvalue weighted by Gasteiger charge is -2.42. The molecule has 2 aliphatic carbocycles. The van der Waals surface area contributed by atoms with Crippen LogP contribution in [0.4, 0.5) is 0 Å². The zero-order valence-corrected chi connectivity index (χ0v) is 15.3. The SMILES string of the molecule is C[C@H]1C=C[C@@H]2CCCC[C@H]2[C@@H]1C(=O)[C@@]1(O)C(=O)N2CC[C@H]3C(=O)O[C@@H]1[C@]32O. The topological polar surface area (TPSA) is 104 Å². The lowest BCUT2D eigenvalue weighted by Crippen LogP contribution is -2.59. The van der Waals surface area contributed by atoms with Gasteiger partial charge in [0, 0.05) is 12.5 Å². The summed E-state index contributed by atoms with van der Waals surface area (Å²) in [6, 6.07) is 0. The molecule has 3 heterocycles. The number of ketones is 1. The van der Waals surface area contributed by atoms with Crippen molar-refractivity contribution in [2.45, 2.75) is 56.5 Å². The summed E-state index contributed by atoms with van der Waals surface area (Å²) >= 11 is 0. The maximum absolute atomic E-state index is 13.6. The van der Waals surface area contributed by atoms with Gasteiger partial charge < -0.3 is 19.8 Å². The van der Waals surface area contributed by atoms with Gasteiger partial charge in [0.1, 0.15) is 5.92 Å². The smallest absolute Gasteiger partial charge is 0.314 e. The van der Waals surface area contributed by atoms with E-state index in [-0.39, 0.29) is 30.7 Å². The number of hydrogen-bond donors (Lipinski definition) is 2. The molecule has 3 saturated heterocycles. The van der Waals surface area contributed by atoms with E-state index in [2.05, 4.69) is 6.08 Å². The highest BCUT2D eigenvalue weighted by Crippen LogP contribution is 2.55. The summed E-state index contributed by atoms with van der Waals surface area (Å²) in [7, 11) is 0. The highest BCUT2D eigenvalue weighted by Gasteiger charge is 2.80. The van der Waals surface area contributed by atoms with Crippen molar-refractivity contribution in [3.05, 3.63) is 12.2 Å². The van der Waals surface area contributed by atoms with Crippen molar-refractivity contribution in [2.75, 3.05) is 6.54 Å². The molecule has 7 heteroatoms. The molecule has 0 aromatic carbocycles. The Balaban J connectivity index is 1.55. The van der Waals surface area contributed by atoms with Crippen LogP contribution >= 0.6 is 0 Å². The van der Waals surface area contributed by atoms with Crippen molar-refractivity contribution in [1.29, 1.82) is 0 Å². The first-order chi connectivity index (χ1) is 12.8. The molecule has 2 N–H and O–H groups in total. The van der Waals surface area contributed by atoms with E-state index in [9.17, 15) is 24.6 Å². The minimum atomic E-state index is -2.49. The Hall–Kier alpha value is -1.73. The van der Waals surface area contributed by atoms with Crippen LogP contribution in [-0.2, 0) is 19.1 Å². The molecule has 146 valence electrons.